The summed E-state index contributed by atoms with van der Waals surface area (Å²) in [5.74, 6) is 0.462. The molecule has 0 N–H and O–H groups in total. The predicted molar refractivity (Wildman–Crippen MR) is 106 cm³/mol. The van der Waals surface area contributed by atoms with Crippen LogP contribution in [0.25, 0.3) is 0 Å². The number of piperidine rings is 1. The standard InChI is InChI=1S/C22H28N4O2/c1-24-15-19(14-23-24)7-8-20(27)25-11-9-22(10-12-25)13-21(28)26(17-22)16-18-5-3-2-4-6-18/h2-6,14-15H,7-13,16-17H2,1H3. The Morgan fingerprint density at radius 1 is 1.14 bits per heavy atom. The fourth-order valence-electron chi connectivity index (χ4n) is 4.51. The highest BCUT2D eigenvalue weighted by atomic mass is 16.2. The molecule has 2 saturated heterocycles. The lowest BCUT2D eigenvalue weighted by atomic mass is 9.77. The van der Waals surface area contributed by atoms with Gasteiger partial charge in [0.25, 0.3) is 0 Å². The summed E-state index contributed by atoms with van der Waals surface area (Å²) in [4.78, 5) is 29.1. The number of hydrogen-bond acceptors (Lipinski definition) is 3. The van der Waals surface area contributed by atoms with Crippen LogP contribution in [0.3, 0.4) is 0 Å². The van der Waals surface area contributed by atoms with E-state index in [0.29, 0.717) is 19.4 Å². The molecule has 28 heavy (non-hydrogen) atoms. The van der Waals surface area contributed by atoms with Gasteiger partial charge in [-0.2, -0.15) is 5.10 Å². The minimum absolute atomic E-state index is 0.0476. The summed E-state index contributed by atoms with van der Waals surface area (Å²) in [7, 11) is 1.89. The number of nitrogens with zero attached hydrogens (tertiary/aromatic N) is 4. The van der Waals surface area contributed by atoms with Gasteiger partial charge in [0.2, 0.25) is 11.8 Å². The third-order valence-corrected chi connectivity index (χ3v) is 6.18. The monoisotopic (exact) mass is 380 g/mol. The molecule has 3 heterocycles. The number of amides is 2. The van der Waals surface area contributed by atoms with Crippen LogP contribution < -0.4 is 0 Å². The Labute approximate surface area is 166 Å². The van der Waals surface area contributed by atoms with Gasteiger partial charge in [0.15, 0.2) is 0 Å². The van der Waals surface area contributed by atoms with Crippen molar-refractivity contribution in [3.8, 4) is 0 Å². The van der Waals surface area contributed by atoms with Crippen molar-refractivity contribution in [2.24, 2.45) is 12.5 Å². The van der Waals surface area contributed by atoms with E-state index < -0.39 is 0 Å². The number of benzene rings is 1. The number of likely N-dealkylation sites (tertiary alicyclic amines) is 2. The zero-order valence-corrected chi connectivity index (χ0v) is 16.5. The number of carbonyl (C=O) groups excluding carboxylic acids is 2. The molecule has 0 saturated carbocycles. The zero-order chi connectivity index (χ0) is 19.6. The van der Waals surface area contributed by atoms with Gasteiger partial charge in [-0.15, -0.1) is 0 Å². The molecule has 1 aromatic heterocycles. The summed E-state index contributed by atoms with van der Waals surface area (Å²) in [6.07, 6.45) is 7.51. The summed E-state index contributed by atoms with van der Waals surface area (Å²) in [5.41, 5.74) is 2.32. The predicted octanol–water partition coefficient (Wildman–Crippen LogP) is 2.39. The van der Waals surface area contributed by atoms with Gasteiger partial charge in [-0.1, -0.05) is 30.3 Å². The number of hydrogen-bond donors (Lipinski definition) is 0. The summed E-state index contributed by atoms with van der Waals surface area (Å²) >= 11 is 0. The largest absolute Gasteiger partial charge is 0.343 e. The van der Waals surface area contributed by atoms with Gasteiger partial charge in [-0.3, -0.25) is 14.3 Å². The second-order valence-corrected chi connectivity index (χ2v) is 8.32. The average Bonchev–Trinajstić information content (AvgIpc) is 3.24. The first-order chi connectivity index (χ1) is 13.5. The molecule has 2 aromatic rings. The molecule has 2 aliphatic rings. The molecule has 0 unspecified atom stereocenters. The molecule has 0 radical (unpaired) electrons. The van der Waals surface area contributed by atoms with Gasteiger partial charge in [0.1, 0.15) is 0 Å². The SMILES string of the molecule is Cn1cc(CCC(=O)N2CCC3(CC2)CC(=O)N(Cc2ccccc2)C3)cn1. The quantitative estimate of drug-likeness (QED) is 0.800. The third-order valence-electron chi connectivity index (χ3n) is 6.18. The van der Waals surface area contributed by atoms with Crippen LogP contribution in [-0.4, -0.2) is 51.0 Å². The van der Waals surface area contributed by atoms with Crippen molar-refractivity contribution in [2.75, 3.05) is 19.6 Å². The van der Waals surface area contributed by atoms with Crippen LogP contribution in [0.2, 0.25) is 0 Å². The van der Waals surface area contributed by atoms with Crippen LogP contribution in [0.5, 0.6) is 0 Å². The van der Waals surface area contributed by atoms with Crippen LogP contribution in [-0.2, 0) is 29.6 Å². The van der Waals surface area contributed by atoms with E-state index in [2.05, 4.69) is 17.2 Å². The first kappa shape index (κ1) is 18.7. The Kier molecular flexibility index (Phi) is 5.20. The summed E-state index contributed by atoms with van der Waals surface area (Å²) in [5, 5.41) is 4.15. The molecule has 6 nitrogen and oxygen atoms in total. The second-order valence-electron chi connectivity index (χ2n) is 8.32. The van der Waals surface area contributed by atoms with Crippen LogP contribution in [0.1, 0.15) is 36.8 Å². The summed E-state index contributed by atoms with van der Waals surface area (Å²) in [6, 6.07) is 10.2. The number of aromatic nitrogens is 2. The van der Waals surface area contributed by atoms with Crippen molar-refractivity contribution >= 4 is 11.8 Å². The van der Waals surface area contributed by atoms with Crippen LogP contribution in [0.15, 0.2) is 42.7 Å². The zero-order valence-electron chi connectivity index (χ0n) is 16.5. The highest BCUT2D eigenvalue weighted by Gasteiger charge is 2.45. The van der Waals surface area contributed by atoms with E-state index in [1.807, 2.05) is 47.4 Å². The Balaban J connectivity index is 1.28. The van der Waals surface area contributed by atoms with Gasteiger partial charge in [0.05, 0.1) is 6.20 Å². The fraction of sp³-hybridized carbons (Fsp3) is 0.500. The minimum Gasteiger partial charge on any atom is -0.343 e. The molecular formula is C22H28N4O2. The van der Waals surface area contributed by atoms with Crippen molar-refractivity contribution in [3.05, 3.63) is 53.9 Å². The maximum Gasteiger partial charge on any atom is 0.223 e. The topological polar surface area (TPSA) is 58.4 Å². The minimum atomic E-state index is 0.0476. The Morgan fingerprint density at radius 3 is 2.57 bits per heavy atom. The molecule has 0 aliphatic carbocycles. The van der Waals surface area contributed by atoms with E-state index in [1.165, 1.54) is 5.56 Å². The van der Waals surface area contributed by atoms with E-state index in [9.17, 15) is 9.59 Å². The normalized spacial score (nSPS) is 18.8. The van der Waals surface area contributed by atoms with E-state index in [4.69, 9.17) is 0 Å². The lowest BCUT2D eigenvalue weighted by molar-refractivity contribution is -0.133. The molecular weight excluding hydrogens is 352 g/mol. The molecule has 6 heteroatoms. The lowest BCUT2D eigenvalue weighted by Crippen LogP contribution is -2.44. The van der Waals surface area contributed by atoms with Crippen molar-refractivity contribution in [2.45, 2.75) is 38.6 Å². The number of rotatable bonds is 5. The Hall–Kier alpha value is -2.63. The van der Waals surface area contributed by atoms with Crippen LogP contribution in [0, 0.1) is 5.41 Å². The van der Waals surface area contributed by atoms with Crippen molar-refractivity contribution in [3.63, 3.8) is 0 Å². The maximum absolute atomic E-state index is 12.6. The number of aryl methyl sites for hydroxylation is 2. The lowest BCUT2D eigenvalue weighted by Gasteiger charge is -2.39. The summed E-state index contributed by atoms with van der Waals surface area (Å²) < 4.78 is 1.77. The molecule has 2 amide bonds. The smallest absolute Gasteiger partial charge is 0.223 e. The molecule has 4 rings (SSSR count). The Morgan fingerprint density at radius 2 is 1.89 bits per heavy atom. The van der Waals surface area contributed by atoms with Crippen molar-refractivity contribution in [1.29, 1.82) is 0 Å². The average molecular weight is 380 g/mol. The van der Waals surface area contributed by atoms with Gasteiger partial charge in [-0.25, -0.2) is 0 Å². The molecule has 2 aliphatic heterocycles. The van der Waals surface area contributed by atoms with Crippen LogP contribution >= 0.6 is 0 Å². The molecule has 0 atom stereocenters. The van der Waals surface area contributed by atoms with E-state index in [-0.39, 0.29) is 17.2 Å². The van der Waals surface area contributed by atoms with Crippen molar-refractivity contribution < 1.29 is 9.59 Å². The maximum atomic E-state index is 12.6. The second kappa shape index (κ2) is 7.78. The molecule has 1 spiro atoms. The van der Waals surface area contributed by atoms with Gasteiger partial charge in [0, 0.05) is 57.7 Å². The molecule has 1 aromatic carbocycles. The molecule has 148 valence electrons. The number of carbonyl (C=O) groups is 2. The van der Waals surface area contributed by atoms with Crippen LogP contribution in [0.4, 0.5) is 0 Å². The van der Waals surface area contributed by atoms with Gasteiger partial charge in [-0.05, 0) is 30.4 Å². The third kappa shape index (κ3) is 4.11. The van der Waals surface area contributed by atoms with Crippen molar-refractivity contribution in [1.82, 2.24) is 19.6 Å². The molecule has 2 fully saturated rings. The van der Waals surface area contributed by atoms with Gasteiger partial charge >= 0.3 is 0 Å². The fourth-order valence-corrected chi connectivity index (χ4v) is 4.51. The summed E-state index contributed by atoms with van der Waals surface area (Å²) in [6.45, 7) is 3.03. The van der Waals surface area contributed by atoms with E-state index in [1.54, 1.807) is 4.68 Å². The van der Waals surface area contributed by atoms with E-state index in [0.717, 1.165) is 44.5 Å². The highest BCUT2D eigenvalue weighted by Crippen LogP contribution is 2.41. The first-order valence-corrected chi connectivity index (χ1v) is 10.1. The first-order valence-electron chi connectivity index (χ1n) is 10.1. The van der Waals surface area contributed by atoms with Gasteiger partial charge < -0.3 is 9.80 Å². The van der Waals surface area contributed by atoms with E-state index >= 15 is 0 Å². The molecule has 0 bridgehead atoms. The highest BCUT2D eigenvalue weighted by molar-refractivity contribution is 5.80. The Bertz CT molecular complexity index is 837.